The van der Waals surface area contributed by atoms with Gasteiger partial charge in [0.05, 0.1) is 6.61 Å². The first kappa shape index (κ1) is 14.0. The van der Waals surface area contributed by atoms with Crippen molar-refractivity contribution in [1.29, 1.82) is 0 Å². The average molecular weight is 266 g/mol. The summed E-state index contributed by atoms with van der Waals surface area (Å²) in [6, 6.07) is 0. The summed E-state index contributed by atoms with van der Waals surface area (Å²) in [4.78, 5) is 8.89. The van der Waals surface area contributed by atoms with E-state index >= 15 is 0 Å². The molecule has 1 saturated heterocycles. The Kier molecular flexibility index (Phi) is 4.21. The van der Waals surface area contributed by atoms with Gasteiger partial charge in [0.25, 0.3) is 0 Å². The Labute approximate surface area is 113 Å². The Morgan fingerprint density at radius 2 is 2.11 bits per heavy atom. The molecule has 2 rings (SSSR count). The molecule has 0 bridgehead atoms. The predicted octanol–water partition coefficient (Wildman–Crippen LogP) is 0.952. The SMILES string of the molecule is CCc1nc(NC)c(C)c(NCC2(O)CCOC2)n1. The molecule has 2 heterocycles. The van der Waals surface area contributed by atoms with Crippen molar-refractivity contribution in [3.8, 4) is 0 Å². The molecule has 3 N–H and O–H groups in total. The number of hydrogen-bond acceptors (Lipinski definition) is 6. The van der Waals surface area contributed by atoms with Gasteiger partial charge in [-0.05, 0) is 6.92 Å². The molecule has 0 aliphatic carbocycles. The maximum atomic E-state index is 10.2. The van der Waals surface area contributed by atoms with Crippen molar-refractivity contribution in [2.24, 2.45) is 0 Å². The molecule has 6 heteroatoms. The third kappa shape index (κ3) is 3.13. The second-order valence-corrected chi connectivity index (χ2v) is 4.95. The van der Waals surface area contributed by atoms with E-state index in [2.05, 4.69) is 20.6 Å². The second kappa shape index (κ2) is 5.71. The van der Waals surface area contributed by atoms with E-state index in [9.17, 15) is 5.11 Å². The first-order valence-corrected chi connectivity index (χ1v) is 6.67. The van der Waals surface area contributed by atoms with Crippen molar-refractivity contribution in [2.45, 2.75) is 32.3 Å². The van der Waals surface area contributed by atoms with Crippen LogP contribution in [0.15, 0.2) is 0 Å². The molecule has 0 amide bonds. The van der Waals surface area contributed by atoms with Crippen LogP contribution in [0.25, 0.3) is 0 Å². The van der Waals surface area contributed by atoms with Crippen LogP contribution in [0.2, 0.25) is 0 Å². The van der Waals surface area contributed by atoms with Gasteiger partial charge in [-0.15, -0.1) is 0 Å². The maximum Gasteiger partial charge on any atom is 0.134 e. The molecule has 6 nitrogen and oxygen atoms in total. The van der Waals surface area contributed by atoms with Gasteiger partial charge in [-0.25, -0.2) is 9.97 Å². The third-order valence-corrected chi connectivity index (χ3v) is 3.41. The summed E-state index contributed by atoms with van der Waals surface area (Å²) in [5, 5.41) is 16.5. The van der Waals surface area contributed by atoms with E-state index in [0.717, 1.165) is 29.4 Å². The molecule has 0 saturated carbocycles. The number of nitrogens with zero attached hydrogens (tertiary/aromatic N) is 2. The van der Waals surface area contributed by atoms with Crippen molar-refractivity contribution in [1.82, 2.24) is 9.97 Å². The number of aryl methyl sites for hydroxylation is 1. The lowest BCUT2D eigenvalue weighted by atomic mass is 10.0. The number of aliphatic hydroxyl groups is 1. The van der Waals surface area contributed by atoms with Crippen LogP contribution in [0.5, 0.6) is 0 Å². The van der Waals surface area contributed by atoms with Crippen LogP contribution in [-0.4, -0.2) is 47.5 Å². The zero-order chi connectivity index (χ0) is 13.9. The van der Waals surface area contributed by atoms with E-state index in [-0.39, 0.29) is 0 Å². The number of nitrogens with one attached hydrogen (secondary N) is 2. The lowest BCUT2D eigenvalue weighted by Gasteiger charge is -2.22. The molecular weight excluding hydrogens is 244 g/mol. The number of aromatic nitrogens is 2. The zero-order valence-corrected chi connectivity index (χ0v) is 11.8. The highest BCUT2D eigenvalue weighted by molar-refractivity contribution is 5.57. The third-order valence-electron chi connectivity index (χ3n) is 3.41. The fourth-order valence-corrected chi connectivity index (χ4v) is 2.12. The Balaban J connectivity index is 2.14. The summed E-state index contributed by atoms with van der Waals surface area (Å²) >= 11 is 0. The van der Waals surface area contributed by atoms with E-state index in [1.807, 2.05) is 20.9 Å². The van der Waals surface area contributed by atoms with Crippen molar-refractivity contribution in [3.05, 3.63) is 11.4 Å². The van der Waals surface area contributed by atoms with Gasteiger partial charge in [-0.1, -0.05) is 6.92 Å². The maximum absolute atomic E-state index is 10.2. The molecular formula is C13H22N4O2. The van der Waals surface area contributed by atoms with Crippen LogP contribution in [-0.2, 0) is 11.2 Å². The van der Waals surface area contributed by atoms with Crippen molar-refractivity contribution in [3.63, 3.8) is 0 Å². The summed E-state index contributed by atoms with van der Waals surface area (Å²) < 4.78 is 5.23. The molecule has 0 aromatic carbocycles. The van der Waals surface area contributed by atoms with Gasteiger partial charge in [-0.3, -0.25) is 0 Å². The molecule has 1 fully saturated rings. The van der Waals surface area contributed by atoms with Gasteiger partial charge in [0.15, 0.2) is 0 Å². The van der Waals surface area contributed by atoms with Crippen LogP contribution in [0.3, 0.4) is 0 Å². The number of rotatable bonds is 5. The van der Waals surface area contributed by atoms with Crippen LogP contribution in [0, 0.1) is 6.92 Å². The van der Waals surface area contributed by atoms with Crippen molar-refractivity contribution < 1.29 is 9.84 Å². The molecule has 1 aliphatic heterocycles. The first-order chi connectivity index (χ1) is 9.08. The molecule has 1 unspecified atom stereocenters. The smallest absolute Gasteiger partial charge is 0.134 e. The quantitative estimate of drug-likeness (QED) is 0.736. The van der Waals surface area contributed by atoms with E-state index < -0.39 is 5.60 Å². The van der Waals surface area contributed by atoms with Crippen molar-refractivity contribution in [2.75, 3.05) is 37.4 Å². The van der Waals surface area contributed by atoms with E-state index in [1.165, 1.54) is 0 Å². The highest BCUT2D eigenvalue weighted by atomic mass is 16.5. The lowest BCUT2D eigenvalue weighted by Crippen LogP contribution is -2.37. The summed E-state index contributed by atoms with van der Waals surface area (Å²) in [5.41, 5.74) is 0.172. The monoisotopic (exact) mass is 266 g/mol. The summed E-state index contributed by atoms with van der Waals surface area (Å²) in [6.07, 6.45) is 1.43. The standard InChI is InChI=1S/C13H22N4O2/c1-4-10-16-11(14-3)9(2)12(17-10)15-7-13(18)5-6-19-8-13/h18H,4-8H2,1-3H3,(H2,14,15,16,17). The van der Waals surface area contributed by atoms with E-state index in [0.29, 0.717) is 26.2 Å². The Hall–Kier alpha value is -1.40. The van der Waals surface area contributed by atoms with Gasteiger partial charge in [0.1, 0.15) is 23.1 Å². The fraction of sp³-hybridized carbons (Fsp3) is 0.692. The number of hydrogen-bond donors (Lipinski definition) is 3. The molecule has 1 atom stereocenters. The van der Waals surface area contributed by atoms with Crippen molar-refractivity contribution >= 4 is 11.6 Å². The van der Waals surface area contributed by atoms with Gasteiger partial charge in [-0.2, -0.15) is 0 Å². The highest BCUT2D eigenvalue weighted by Gasteiger charge is 2.32. The highest BCUT2D eigenvalue weighted by Crippen LogP contribution is 2.23. The minimum atomic E-state index is -0.788. The molecule has 106 valence electrons. The lowest BCUT2D eigenvalue weighted by molar-refractivity contribution is 0.0381. The number of ether oxygens (including phenoxy) is 1. The normalized spacial score (nSPS) is 22.5. The zero-order valence-electron chi connectivity index (χ0n) is 11.8. The molecule has 1 aromatic heterocycles. The largest absolute Gasteiger partial charge is 0.386 e. The fourth-order valence-electron chi connectivity index (χ4n) is 2.12. The van der Waals surface area contributed by atoms with Crippen LogP contribution < -0.4 is 10.6 Å². The molecule has 19 heavy (non-hydrogen) atoms. The molecule has 1 aliphatic rings. The number of anilines is 2. The summed E-state index contributed by atoms with van der Waals surface area (Å²) in [5.74, 6) is 2.38. The second-order valence-electron chi connectivity index (χ2n) is 4.95. The van der Waals surface area contributed by atoms with Crippen LogP contribution in [0.4, 0.5) is 11.6 Å². The topological polar surface area (TPSA) is 79.3 Å². The molecule has 0 spiro atoms. The Morgan fingerprint density at radius 3 is 2.68 bits per heavy atom. The summed E-state index contributed by atoms with van der Waals surface area (Å²) in [7, 11) is 1.84. The minimum Gasteiger partial charge on any atom is -0.386 e. The van der Waals surface area contributed by atoms with Gasteiger partial charge < -0.3 is 20.5 Å². The Bertz CT molecular complexity index is 445. The Morgan fingerprint density at radius 1 is 1.37 bits per heavy atom. The molecule has 0 radical (unpaired) electrons. The van der Waals surface area contributed by atoms with E-state index in [4.69, 9.17) is 4.74 Å². The van der Waals surface area contributed by atoms with Gasteiger partial charge >= 0.3 is 0 Å². The van der Waals surface area contributed by atoms with Crippen LogP contribution >= 0.6 is 0 Å². The predicted molar refractivity (Wildman–Crippen MR) is 74.6 cm³/mol. The average Bonchev–Trinajstić information content (AvgIpc) is 2.85. The van der Waals surface area contributed by atoms with E-state index in [1.54, 1.807) is 0 Å². The minimum absolute atomic E-state index is 0.379. The van der Waals surface area contributed by atoms with Crippen LogP contribution in [0.1, 0.15) is 24.7 Å². The van der Waals surface area contributed by atoms with Gasteiger partial charge in [0.2, 0.25) is 0 Å². The first-order valence-electron chi connectivity index (χ1n) is 6.67. The van der Waals surface area contributed by atoms with Gasteiger partial charge in [0, 0.05) is 38.6 Å². The summed E-state index contributed by atoms with van der Waals surface area (Å²) in [6.45, 7) is 5.42. The molecule has 1 aromatic rings.